The van der Waals surface area contributed by atoms with E-state index >= 15 is 0 Å². The summed E-state index contributed by atoms with van der Waals surface area (Å²) in [7, 11) is 0. The van der Waals surface area contributed by atoms with Crippen LogP contribution in [0.5, 0.6) is 5.75 Å². The zero-order valence-electron chi connectivity index (χ0n) is 13.4. The first kappa shape index (κ1) is 15.6. The predicted molar refractivity (Wildman–Crippen MR) is 85.4 cm³/mol. The molecule has 0 saturated heterocycles. The summed E-state index contributed by atoms with van der Waals surface area (Å²) < 4.78 is 8.19. The first-order valence-electron chi connectivity index (χ1n) is 7.55. The van der Waals surface area contributed by atoms with Gasteiger partial charge in [-0.05, 0) is 19.4 Å². The Hall–Kier alpha value is -1.81. The van der Waals surface area contributed by atoms with Crippen LogP contribution in [0.2, 0.25) is 0 Å². The van der Waals surface area contributed by atoms with Gasteiger partial charge in [-0.15, -0.1) is 0 Å². The van der Waals surface area contributed by atoms with E-state index in [1.165, 1.54) is 11.1 Å². The van der Waals surface area contributed by atoms with E-state index in [4.69, 9.17) is 4.74 Å². The molecule has 1 aromatic carbocycles. The summed E-state index contributed by atoms with van der Waals surface area (Å²) in [5, 5.41) is 3.45. The number of imidazole rings is 1. The number of nitrogens with one attached hydrogen (secondary N) is 1. The fourth-order valence-corrected chi connectivity index (χ4v) is 2.27. The van der Waals surface area contributed by atoms with E-state index in [1.807, 2.05) is 12.5 Å². The normalized spacial score (nSPS) is 11.1. The third-order valence-electron chi connectivity index (χ3n) is 3.50. The van der Waals surface area contributed by atoms with Crippen molar-refractivity contribution >= 4 is 0 Å². The van der Waals surface area contributed by atoms with Crippen LogP contribution in [0.25, 0.3) is 0 Å². The number of para-hydroxylation sites is 1. The molecule has 0 bridgehead atoms. The molecule has 2 rings (SSSR count). The highest BCUT2D eigenvalue weighted by Crippen LogP contribution is 2.24. The quantitative estimate of drug-likeness (QED) is 0.849. The molecular formula is C17H25N3O. The van der Waals surface area contributed by atoms with Crippen molar-refractivity contribution in [1.29, 1.82) is 0 Å². The van der Waals surface area contributed by atoms with Crippen LogP contribution in [0, 0.1) is 6.92 Å². The van der Waals surface area contributed by atoms with Gasteiger partial charge in [0.05, 0.1) is 18.2 Å². The first-order chi connectivity index (χ1) is 10.1. The number of hydrogen-bond acceptors (Lipinski definition) is 3. The Balaban J connectivity index is 2.11. The lowest BCUT2D eigenvalue weighted by atomic mass is 10.1. The molecule has 0 aliphatic heterocycles. The van der Waals surface area contributed by atoms with E-state index in [0.29, 0.717) is 12.6 Å². The van der Waals surface area contributed by atoms with Gasteiger partial charge in [-0.25, -0.2) is 4.98 Å². The lowest BCUT2D eigenvalue weighted by Crippen LogP contribution is -2.22. The summed E-state index contributed by atoms with van der Waals surface area (Å²) >= 11 is 0. The van der Waals surface area contributed by atoms with Crippen molar-refractivity contribution in [2.75, 3.05) is 0 Å². The zero-order chi connectivity index (χ0) is 15.2. The van der Waals surface area contributed by atoms with Crippen molar-refractivity contribution in [1.82, 2.24) is 14.9 Å². The van der Waals surface area contributed by atoms with E-state index in [-0.39, 0.29) is 0 Å². The van der Waals surface area contributed by atoms with Crippen molar-refractivity contribution in [3.63, 3.8) is 0 Å². The van der Waals surface area contributed by atoms with Gasteiger partial charge in [0.15, 0.2) is 0 Å². The summed E-state index contributed by atoms with van der Waals surface area (Å²) in [6.45, 7) is 10.8. The molecule has 0 radical (unpaired) electrons. The molecule has 114 valence electrons. The minimum atomic E-state index is 0.458. The van der Waals surface area contributed by atoms with Gasteiger partial charge in [0.25, 0.3) is 0 Å². The van der Waals surface area contributed by atoms with Gasteiger partial charge in [-0.1, -0.05) is 32.0 Å². The Morgan fingerprint density at radius 2 is 2.14 bits per heavy atom. The third kappa shape index (κ3) is 4.08. The lowest BCUT2D eigenvalue weighted by molar-refractivity contribution is 0.289. The van der Waals surface area contributed by atoms with E-state index in [1.54, 1.807) is 0 Å². The SMILES string of the molecule is CCn1cncc1COc1c(C)cccc1CNC(C)C. The van der Waals surface area contributed by atoms with Crippen LogP contribution in [0.3, 0.4) is 0 Å². The first-order valence-corrected chi connectivity index (χ1v) is 7.55. The highest BCUT2D eigenvalue weighted by molar-refractivity contribution is 5.40. The number of aromatic nitrogens is 2. The second kappa shape index (κ2) is 7.27. The minimum Gasteiger partial charge on any atom is -0.487 e. The molecule has 0 saturated carbocycles. The predicted octanol–water partition coefficient (Wildman–Crippen LogP) is 3.29. The Kier molecular flexibility index (Phi) is 5.39. The number of rotatable bonds is 7. The number of ether oxygens (including phenoxy) is 1. The fourth-order valence-electron chi connectivity index (χ4n) is 2.27. The molecule has 0 amide bonds. The number of nitrogens with zero attached hydrogens (tertiary/aromatic N) is 2. The second-order valence-electron chi connectivity index (χ2n) is 5.56. The van der Waals surface area contributed by atoms with Crippen LogP contribution in [0.1, 0.15) is 37.6 Å². The fraction of sp³-hybridized carbons (Fsp3) is 0.471. The van der Waals surface area contributed by atoms with Crippen LogP contribution in [-0.4, -0.2) is 15.6 Å². The molecule has 0 aliphatic rings. The molecule has 2 aromatic rings. The molecule has 21 heavy (non-hydrogen) atoms. The standard InChI is InChI=1S/C17H25N3O/c1-5-20-12-18-10-16(20)11-21-17-14(4)7-6-8-15(17)9-19-13(2)3/h6-8,10,12-13,19H,5,9,11H2,1-4H3. The van der Waals surface area contributed by atoms with Crippen LogP contribution < -0.4 is 10.1 Å². The topological polar surface area (TPSA) is 39.1 Å². The van der Waals surface area contributed by atoms with E-state index < -0.39 is 0 Å². The van der Waals surface area contributed by atoms with Gasteiger partial charge in [0.1, 0.15) is 12.4 Å². The van der Waals surface area contributed by atoms with Crippen LogP contribution in [0.4, 0.5) is 0 Å². The average Bonchev–Trinajstić information content (AvgIpc) is 2.91. The Morgan fingerprint density at radius 3 is 2.86 bits per heavy atom. The van der Waals surface area contributed by atoms with Crippen LogP contribution >= 0.6 is 0 Å². The molecule has 0 atom stereocenters. The molecule has 4 heteroatoms. The average molecular weight is 287 g/mol. The smallest absolute Gasteiger partial charge is 0.130 e. The van der Waals surface area contributed by atoms with Gasteiger partial charge in [-0.2, -0.15) is 0 Å². The van der Waals surface area contributed by atoms with Crippen molar-refractivity contribution in [3.05, 3.63) is 47.5 Å². The monoisotopic (exact) mass is 287 g/mol. The van der Waals surface area contributed by atoms with Gasteiger partial charge >= 0.3 is 0 Å². The highest BCUT2D eigenvalue weighted by Gasteiger charge is 2.09. The number of benzene rings is 1. The molecular weight excluding hydrogens is 262 g/mol. The van der Waals surface area contributed by atoms with Crippen molar-refractivity contribution in [2.24, 2.45) is 0 Å². The van der Waals surface area contributed by atoms with E-state index in [0.717, 1.165) is 24.5 Å². The van der Waals surface area contributed by atoms with Gasteiger partial charge in [-0.3, -0.25) is 0 Å². The molecule has 0 aliphatic carbocycles. The van der Waals surface area contributed by atoms with E-state index in [9.17, 15) is 0 Å². The molecule has 1 aromatic heterocycles. The number of hydrogen-bond donors (Lipinski definition) is 1. The van der Waals surface area contributed by atoms with Crippen molar-refractivity contribution in [3.8, 4) is 5.75 Å². The summed E-state index contributed by atoms with van der Waals surface area (Å²) in [6, 6.07) is 6.75. The summed E-state index contributed by atoms with van der Waals surface area (Å²) in [6.07, 6.45) is 3.71. The Labute approximate surface area is 127 Å². The van der Waals surface area contributed by atoms with Crippen molar-refractivity contribution < 1.29 is 4.74 Å². The maximum absolute atomic E-state index is 6.09. The Bertz CT molecular complexity index is 575. The van der Waals surface area contributed by atoms with Gasteiger partial charge < -0.3 is 14.6 Å². The van der Waals surface area contributed by atoms with Crippen molar-refractivity contribution in [2.45, 2.75) is 53.4 Å². The zero-order valence-corrected chi connectivity index (χ0v) is 13.4. The molecule has 1 heterocycles. The summed E-state index contributed by atoms with van der Waals surface area (Å²) in [5.41, 5.74) is 3.47. The molecule has 0 fully saturated rings. The summed E-state index contributed by atoms with van der Waals surface area (Å²) in [4.78, 5) is 4.18. The Morgan fingerprint density at radius 1 is 1.33 bits per heavy atom. The molecule has 0 unspecified atom stereocenters. The summed E-state index contributed by atoms with van der Waals surface area (Å²) in [5.74, 6) is 0.981. The number of aryl methyl sites for hydroxylation is 2. The maximum Gasteiger partial charge on any atom is 0.130 e. The van der Waals surface area contributed by atoms with Gasteiger partial charge in [0.2, 0.25) is 0 Å². The van der Waals surface area contributed by atoms with Crippen LogP contribution in [0.15, 0.2) is 30.7 Å². The third-order valence-corrected chi connectivity index (χ3v) is 3.50. The molecule has 4 nitrogen and oxygen atoms in total. The van der Waals surface area contributed by atoms with E-state index in [2.05, 4.69) is 60.8 Å². The van der Waals surface area contributed by atoms with Gasteiger partial charge in [0, 0.05) is 24.7 Å². The highest BCUT2D eigenvalue weighted by atomic mass is 16.5. The second-order valence-corrected chi connectivity index (χ2v) is 5.56. The van der Waals surface area contributed by atoms with Crippen LogP contribution in [-0.2, 0) is 19.7 Å². The lowest BCUT2D eigenvalue weighted by Gasteiger charge is -2.16. The molecule has 0 spiro atoms. The maximum atomic E-state index is 6.09. The minimum absolute atomic E-state index is 0.458. The largest absolute Gasteiger partial charge is 0.487 e. The molecule has 1 N–H and O–H groups in total.